The maximum Gasteiger partial charge on any atom is 0.0234 e. The van der Waals surface area contributed by atoms with E-state index in [0.29, 0.717) is 13.1 Å². The van der Waals surface area contributed by atoms with Gasteiger partial charge in [0.25, 0.3) is 0 Å². The second-order valence-corrected chi connectivity index (χ2v) is 6.43. The molecule has 0 heterocycles. The first-order chi connectivity index (χ1) is 12.2. The zero-order valence-corrected chi connectivity index (χ0v) is 15.9. The van der Waals surface area contributed by atoms with Gasteiger partial charge in [-0.25, -0.2) is 0 Å². The van der Waals surface area contributed by atoms with Gasteiger partial charge in [0.15, 0.2) is 0 Å². The number of nitrogens with zero attached hydrogens (tertiary/aromatic N) is 2. The van der Waals surface area contributed by atoms with Crippen LogP contribution in [0.4, 0.5) is 0 Å². The zero-order chi connectivity index (χ0) is 18.3. The normalized spacial score (nSPS) is 11.6. The predicted octanol–water partition coefficient (Wildman–Crippen LogP) is 0.166. The summed E-state index contributed by atoms with van der Waals surface area (Å²) in [5.41, 5.74) is 19.6. The number of hydrogen-bond donors (Lipinski definition) is 4. The Hall–Kier alpha value is -1.02. The molecule has 6 heteroatoms. The van der Waals surface area contributed by atoms with Gasteiger partial charge in [0.1, 0.15) is 0 Å². The van der Waals surface area contributed by atoms with Crippen LogP contribution in [0.5, 0.6) is 0 Å². The minimum atomic E-state index is 0.686. The van der Waals surface area contributed by atoms with E-state index in [0.717, 1.165) is 65.3 Å². The van der Waals surface area contributed by atoms with Gasteiger partial charge in [-0.1, -0.05) is 31.2 Å². The molecule has 0 saturated carbocycles. The van der Waals surface area contributed by atoms with Gasteiger partial charge >= 0.3 is 0 Å². The summed E-state index contributed by atoms with van der Waals surface area (Å²) in [5, 5.41) is 3.43. The molecule has 25 heavy (non-hydrogen) atoms. The third-order valence-corrected chi connectivity index (χ3v) is 4.34. The van der Waals surface area contributed by atoms with E-state index in [2.05, 4.69) is 46.3 Å². The Morgan fingerprint density at radius 3 is 1.84 bits per heavy atom. The summed E-state index contributed by atoms with van der Waals surface area (Å²) in [6.07, 6.45) is 1.03. The van der Waals surface area contributed by atoms with E-state index in [1.807, 2.05) is 0 Å². The third kappa shape index (κ3) is 9.89. The lowest BCUT2D eigenvalue weighted by molar-refractivity contribution is 0.272. The molecule has 0 bridgehead atoms. The highest BCUT2D eigenvalue weighted by molar-refractivity contribution is 5.22. The summed E-state index contributed by atoms with van der Waals surface area (Å²) in [7, 11) is 0. The van der Waals surface area contributed by atoms with Crippen LogP contribution in [0.15, 0.2) is 24.3 Å². The average Bonchev–Trinajstić information content (AvgIpc) is 2.62. The van der Waals surface area contributed by atoms with Gasteiger partial charge in [-0.15, -0.1) is 0 Å². The van der Waals surface area contributed by atoms with E-state index < -0.39 is 0 Å². The number of nitrogens with one attached hydrogen (secondary N) is 1. The SMILES string of the molecule is CCN(CCN)Cc1ccc(CN(CCN)CCNCCCN)cc1. The molecule has 0 atom stereocenters. The van der Waals surface area contributed by atoms with Crippen LogP contribution in [-0.2, 0) is 13.1 Å². The lowest BCUT2D eigenvalue weighted by Gasteiger charge is -2.22. The molecule has 7 N–H and O–H groups in total. The molecule has 0 saturated heterocycles. The van der Waals surface area contributed by atoms with Gasteiger partial charge in [-0.2, -0.15) is 0 Å². The van der Waals surface area contributed by atoms with Crippen molar-refractivity contribution in [1.82, 2.24) is 15.1 Å². The molecule has 0 fully saturated rings. The number of rotatable bonds is 15. The van der Waals surface area contributed by atoms with E-state index in [1.165, 1.54) is 11.1 Å². The summed E-state index contributed by atoms with van der Waals surface area (Å²) in [5.74, 6) is 0. The van der Waals surface area contributed by atoms with Gasteiger partial charge in [0.05, 0.1) is 0 Å². The van der Waals surface area contributed by atoms with Crippen LogP contribution in [0.2, 0.25) is 0 Å². The molecule has 0 unspecified atom stereocenters. The van der Waals surface area contributed by atoms with Crippen molar-refractivity contribution in [2.24, 2.45) is 17.2 Å². The molecule has 6 nitrogen and oxygen atoms in total. The van der Waals surface area contributed by atoms with Crippen molar-refractivity contribution in [2.75, 3.05) is 58.9 Å². The standard InChI is InChI=1S/C19H38N6/c1-2-24(13-9-21)16-18-4-6-19(7-5-18)17-25(14-10-22)15-12-23-11-3-8-20/h4-7,23H,2-3,8-17,20-22H2,1H3. The highest BCUT2D eigenvalue weighted by Crippen LogP contribution is 2.09. The minimum Gasteiger partial charge on any atom is -0.330 e. The average molecular weight is 351 g/mol. The lowest BCUT2D eigenvalue weighted by Crippen LogP contribution is -2.35. The molecule has 0 spiro atoms. The Bertz CT molecular complexity index is 422. The number of nitrogens with two attached hydrogens (primary N) is 3. The lowest BCUT2D eigenvalue weighted by atomic mass is 10.1. The summed E-state index contributed by atoms with van der Waals surface area (Å²) in [6.45, 7) is 12.1. The molecule has 0 aliphatic rings. The Morgan fingerprint density at radius 1 is 0.760 bits per heavy atom. The van der Waals surface area contributed by atoms with Crippen molar-refractivity contribution in [3.63, 3.8) is 0 Å². The van der Waals surface area contributed by atoms with E-state index in [1.54, 1.807) is 0 Å². The molecule has 144 valence electrons. The van der Waals surface area contributed by atoms with Crippen molar-refractivity contribution in [3.05, 3.63) is 35.4 Å². The Balaban J connectivity index is 2.46. The topological polar surface area (TPSA) is 96.6 Å². The van der Waals surface area contributed by atoms with Crippen LogP contribution < -0.4 is 22.5 Å². The molecule has 0 aliphatic carbocycles. The maximum atomic E-state index is 5.76. The summed E-state index contributed by atoms with van der Waals surface area (Å²) >= 11 is 0. The Kier molecular flexibility index (Phi) is 12.5. The molecule has 0 aromatic heterocycles. The van der Waals surface area contributed by atoms with E-state index in [4.69, 9.17) is 17.2 Å². The summed E-state index contributed by atoms with van der Waals surface area (Å²) in [6, 6.07) is 8.93. The van der Waals surface area contributed by atoms with E-state index >= 15 is 0 Å². The molecular weight excluding hydrogens is 312 g/mol. The van der Waals surface area contributed by atoms with Crippen LogP contribution in [0.3, 0.4) is 0 Å². The first-order valence-corrected chi connectivity index (χ1v) is 9.56. The second kappa shape index (κ2) is 14.2. The van der Waals surface area contributed by atoms with Crippen molar-refractivity contribution < 1.29 is 0 Å². The smallest absolute Gasteiger partial charge is 0.0234 e. The van der Waals surface area contributed by atoms with Crippen LogP contribution in [0, 0.1) is 0 Å². The Morgan fingerprint density at radius 2 is 1.32 bits per heavy atom. The molecule has 1 aromatic rings. The van der Waals surface area contributed by atoms with Crippen LogP contribution in [0.25, 0.3) is 0 Å². The minimum absolute atomic E-state index is 0.686. The fraction of sp³-hybridized carbons (Fsp3) is 0.684. The van der Waals surface area contributed by atoms with Crippen LogP contribution in [-0.4, -0.2) is 68.7 Å². The van der Waals surface area contributed by atoms with E-state index in [-0.39, 0.29) is 0 Å². The third-order valence-electron chi connectivity index (χ3n) is 4.34. The first-order valence-electron chi connectivity index (χ1n) is 9.56. The molecule has 0 radical (unpaired) electrons. The van der Waals surface area contributed by atoms with Crippen LogP contribution in [0.1, 0.15) is 24.5 Å². The largest absolute Gasteiger partial charge is 0.330 e. The maximum absolute atomic E-state index is 5.76. The van der Waals surface area contributed by atoms with Gasteiger partial charge in [-0.05, 0) is 37.2 Å². The Labute approximate surface area is 153 Å². The first kappa shape index (κ1) is 22.0. The van der Waals surface area contributed by atoms with Gasteiger partial charge in [-0.3, -0.25) is 9.80 Å². The molecule has 0 aliphatic heterocycles. The van der Waals surface area contributed by atoms with Crippen molar-refractivity contribution >= 4 is 0 Å². The highest BCUT2D eigenvalue weighted by atomic mass is 15.1. The van der Waals surface area contributed by atoms with Crippen molar-refractivity contribution in [3.8, 4) is 0 Å². The number of likely N-dealkylation sites (N-methyl/N-ethyl adjacent to an activating group) is 1. The highest BCUT2D eigenvalue weighted by Gasteiger charge is 2.06. The number of hydrogen-bond acceptors (Lipinski definition) is 6. The van der Waals surface area contributed by atoms with Crippen LogP contribution >= 0.6 is 0 Å². The molecule has 1 aromatic carbocycles. The van der Waals surface area contributed by atoms with E-state index in [9.17, 15) is 0 Å². The second-order valence-electron chi connectivity index (χ2n) is 6.43. The molecular formula is C19H38N6. The van der Waals surface area contributed by atoms with Gasteiger partial charge in [0.2, 0.25) is 0 Å². The summed E-state index contributed by atoms with van der Waals surface area (Å²) < 4.78 is 0. The predicted molar refractivity (Wildman–Crippen MR) is 107 cm³/mol. The quantitative estimate of drug-likeness (QED) is 0.337. The fourth-order valence-electron chi connectivity index (χ4n) is 2.84. The van der Waals surface area contributed by atoms with Gasteiger partial charge in [0, 0.05) is 52.4 Å². The summed E-state index contributed by atoms with van der Waals surface area (Å²) in [4.78, 5) is 4.76. The van der Waals surface area contributed by atoms with Crippen molar-refractivity contribution in [1.29, 1.82) is 0 Å². The molecule has 0 amide bonds. The monoisotopic (exact) mass is 350 g/mol. The fourth-order valence-corrected chi connectivity index (χ4v) is 2.84. The number of benzene rings is 1. The molecule has 1 rings (SSSR count). The zero-order valence-electron chi connectivity index (χ0n) is 15.9. The van der Waals surface area contributed by atoms with Crippen molar-refractivity contribution in [2.45, 2.75) is 26.4 Å². The van der Waals surface area contributed by atoms with Gasteiger partial charge < -0.3 is 22.5 Å².